The predicted molar refractivity (Wildman–Crippen MR) is 67.7 cm³/mol. The minimum Gasteiger partial charge on any atom is -0.468 e. The summed E-state index contributed by atoms with van der Waals surface area (Å²) in [5.41, 5.74) is 0.108. The SMILES string of the molecule is COC(=O)C(Br)CNCC(O)CC(C)(C)C. The van der Waals surface area contributed by atoms with Gasteiger partial charge in [0.15, 0.2) is 0 Å². The number of methoxy groups -OCH3 is 1. The molecule has 0 bridgehead atoms. The zero-order chi connectivity index (χ0) is 12.8. The average Bonchev–Trinajstić information content (AvgIpc) is 2.13. The van der Waals surface area contributed by atoms with Crippen LogP contribution in [0.1, 0.15) is 27.2 Å². The second kappa shape index (κ2) is 7.25. The summed E-state index contributed by atoms with van der Waals surface area (Å²) in [5, 5.41) is 12.7. The van der Waals surface area contributed by atoms with Crippen LogP contribution in [0.15, 0.2) is 0 Å². The molecule has 0 saturated carbocycles. The maximum atomic E-state index is 11.0. The third kappa shape index (κ3) is 8.07. The number of alkyl halides is 1. The van der Waals surface area contributed by atoms with Gasteiger partial charge >= 0.3 is 5.97 Å². The van der Waals surface area contributed by atoms with Crippen LogP contribution in [0.25, 0.3) is 0 Å². The van der Waals surface area contributed by atoms with E-state index >= 15 is 0 Å². The van der Waals surface area contributed by atoms with Crippen molar-refractivity contribution in [1.82, 2.24) is 5.32 Å². The van der Waals surface area contributed by atoms with Gasteiger partial charge in [-0.15, -0.1) is 0 Å². The lowest BCUT2D eigenvalue weighted by Gasteiger charge is -2.22. The van der Waals surface area contributed by atoms with Gasteiger partial charge in [0, 0.05) is 13.1 Å². The molecular formula is C11H22BrNO3. The Bertz CT molecular complexity index is 216. The maximum absolute atomic E-state index is 11.0. The number of ether oxygens (including phenoxy) is 1. The summed E-state index contributed by atoms with van der Waals surface area (Å²) < 4.78 is 4.56. The van der Waals surface area contributed by atoms with Gasteiger partial charge in [-0.1, -0.05) is 36.7 Å². The first-order valence-electron chi connectivity index (χ1n) is 5.37. The van der Waals surface area contributed by atoms with Gasteiger partial charge in [0.25, 0.3) is 0 Å². The first-order chi connectivity index (χ1) is 7.26. The monoisotopic (exact) mass is 295 g/mol. The molecule has 2 unspecified atom stereocenters. The number of esters is 1. The summed E-state index contributed by atoms with van der Waals surface area (Å²) in [4.78, 5) is 10.7. The molecule has 96 valence electrons. The minimum absolute atomic E-state index is 0.108. The molecule has 0 rings (SSSR count). The Balaban J connectivity index is 3.70. The van der Waals surface area contributed by atoms with Crippen LogP contribution in [0.3, 0.4) is 0 Å². The molecule has 0 aliphatic carbocycles. The topological polar surface area (TPSA) is 58.6 Å². The Morgan fingerprint density at radius 1 is 1.44 bits per heavy atom. The minimum atomic E-state index is -0.391. The molecule has 0 spiro atoms. The van der Waals surface area contributed by atoms with Gasteiger partial charge in [-0.2, -0.15) is 0 Å². The van der Waals surface area contributed by atoms with E-state index in [1.54, 1.807) is 0 Å². The van der Waals surface area contributed by atoms with Crippen LogP contribution < -0.4 is 5.32 Å². The number of hydrogen-bond donors (Lipinski definition) is 2. The number of nitrogens with one attached hydrogen (secondary N) is 1. The highest BCUT2D eigenvalue weighted by Gasteiger charge is 2.18. The molecule has 16 heavy (non-hydrogen) atoms. The molecule has 0 aliphatic rings. The van der Waals surface area contributed by atoms with Crippen molar-refractivity contribution in [3.63, 3.8) is 0 Å². The van der Waals surface area contributed by atoms with Crippen LogP contribution >= 0.6 is 15.9 Å². The van der Waals surface area contributed by atoms with Crippen LogP contribution in [0, 0.1) is 5.41 Å². The fraction of sp³-hybridized carbons (Fsp3) is 0.909. The number of rotatable bonds is 6. The third-order valence-electron chi connectivity index (χ3n) is 2.01. The fourth-order valence-corrected chi connectivity index (χ4v) is 1.78. The van der Waals surface area contributed by atoms with E-state index in [1.807, 2.05) is 0 Å². The maximum Gasteiger partial charge on any atom is 0.320 e. The Kier molecular flexibility index (Phi) is 7.19. The molecule has 0 saturated heterocycles. The zero-order valence-electron chi connectivity index (χ0n) is 10.4. The van der Waals surface area contributed by atoms with Crippen molar-refractivity contribution in [3.05, 3.63) is 0 Å². The summed E-state index contributed by atoms with van der Waals surface area (Å²) >= 11 is 3.20. The molecule has 4 nitrogen and oxygen atoms in total. The third-order valence-corrected chi connectivity index (χ3v) is 2.71. The van der Waals surface area contributed by atoms with Gasteiger partial charge in [0.05, 0.1) is 13.2 Å². The number of hydrogen-bond acceptors (Lipinski definition) is 4. The van der Waals surface area contributed by atoms with E-state index in [-0.39, 0.29) is 16.2 Å². The second-order valence-corrected chi connectivity index (χ2v) is 6.17. The molecule has 0 aliphatic heterocycles. The summed E-state index contributed by atoms with van der Waals surface area (Å²) in [6, 6.07) is 0. The first-order valence-corrected chi connectivity index (χ1v) is 6.28. The van der Waals surface area contributed by atoms with Crippen molar-refractivity contribution < 1.29 is 14.6 Å². The van der Waals surface area contributed by atoms with Gasteiger partial charge in [0.1, 0.15) is 4.83 Å². The molecular weight excluding hydrogens is 274 g/mol. The molecule has 2 atom stereocenters. The van der Waals surface area contributed by atoms with Gasteiger partial charge in [-0.3, -0.25) is 4.79 Å². The van der Waals surface area contributed by atoms with Crippen LogP contribution in [-0.4, -0.2) is 42.2 Å². The lowest BCUT2D eigenvalue weighted by Crippen LogP contribution is -2.36. The summed E-state index contributed by atoms with van der Waals surface area (Å²) in [5.74, 6) is -0.308. The van der Waals surface area contributed by atoms with Gasteiger partial charge in [0.2, 0.25) is 0 Å². The highest BCUT2D eigenvalue weighted by molar-refractivity contribution is 9.10. The highest BCUT2D eigenvalue weighted by atomic mass is 79.9. The number of carbonyl (C=O) groups excluding carboxylic acids is 1. The number of carbonyl (C=O) groups is 1. The number of aliphatic hydroxyl groups excluding tert-OH is 1. The zero-order valence-corrected chi connectivity index (χ0v) is 12.0. The Morgan fingerprint density at radius 2 is 2.00 bits per heavy atom. The van der Waals surface area contributed by atoms with E-state index in [1.165, 1.54) is 7.11 Å². The van der Waals surface area contributed by atoms with Gasteiger partial charge in [-0.05, 0) is 11.8 Å². The predicted octanol–water partition coefficient (Wildman–Crippen LogP) is 1.31. The highest BCUT2D eigenvalue weighted by Crippen LogP contribution is 2.20. The summed E-state index contributed by atoms with van der Waals surface area (Å²) in [6.45, 7) is 7.18. The number of aliphatic hydroxyl groups is 1. The van der Waals surface area contributed by atoms with Gasteiger partial charge in [-0.25, -0.2) is 0 Å². The van der Waals surface area contributed by atoms with E-state index < -0.39 is 6.10 Å². The fourth-order valence-electron chi connectivity index (χ4n) is 1.37. The molecule has 0 aromatic carbocycles. The molecule has 0 amide bonds. The molecule has 2 N–H and O–H groups in total. The van der Waals surface area contributed by atoms with Crippen LogP contribution in [-0.2, 0) is 9.53 Å². The van der Waals surface area contributed by atoms with Crippen LogP contribution in [0.2, 0.25) is 0 Å². The Labute approximate surface area is 106 Å². The van der Waals surface area contributed by atoms with E-state index in [2.05, 4.69) is 46.8 Å². The first kappa shape index (κ1) is 15.9. The average molecular weight is 296 g/mol. The van der Waals surface area contributed by atoms with Crippen LogP contribution in [0.5, 0.6) is 0 Å². The summed E-state index contributed by atoms with van der Waals surface area (Å²) in [6.07, 6.45) is 0.336. The lowest BCUT2D eigenvalue weighted by atomic mass is 9.89. The van der Waals surface area contributed by atoms with Gasteiger partial charge < -0.3 is 15.2 Å². The molecule has 0 aromatic rings. The second-order valence-electron chi connectivity index (χ2n) is 5.07. The molecule has 5 heteroatoms. The van der Waals surface area contributed by atoms with E-state index in [9.17, 15) is 9.90 Å². The van der Waals surface area contributed by atoms with E-state index in [0.717, 1.165) is 6.42 Å². The normalized spacial score (nSPS) is 15.6. The Hall–Kier alpha value is -0.130. The molecule has 0 aromatic heterocycles. The summed E-state index contributed by atoms with van der Waals surface area (Å²) in [7, 11) is 1.35. The van der Waals surface area contributed by atoms with Crippen molar-refractivity contribution in [2.45, 2.75) is 38.1 Å². The number of halogens is 1. The quantitative estimate of drug-likeness (QED) is 0.573. The van der Waals surface area contributed by atoms with Crippen molar-refractivity contribution in [3.8, 4) is 0 Å². The Morgan fingerprint density at radius 3 is 2.44 bits per heavy atom. The van der Waals surface area contributed by atoms with Crippen molar-refractivity contribution in [2.24, 2.45) is 5.41 Å². The van der Waals surface area contributed by atoms with E-state index in [4.69, 9.17) is 0 Å². The van der Waals surface area contributed by atoms with Crippen molar-refractivity contribution in [2.75, 3.05) is 20.2 Å². The van der Waals surface area contributed by atoms with Crippen LogP contribution in [0.4, 0.5) is 0 Å². The van der Waals surface area contributed by atoms with Crippen molar-refractivity contribution in [1.29, 1.82) is 0 Å². The smallest absolute Gasteiger partial charge is 0.320 e. The lowest BCUT2D eigenvalue weighted by molar-refractivity contribution is -0.139. The largest absolute Gasteiger partial charge is 0.468 e. The van der Waals surface area contributed by atoms with E-state index in [0.29, 0.717) is 13.1 Å². The molecule has 0 radical (unpaired) electrons. The molecule has 0 heterocycles. The molecule has 0 fully saturated rings. The standard InChI is InChI=1S/C11H22BrNO3/c1-11(2,3)5-8(14)6-13-7-9(12)10(15)16-4/h8-9,13-14H,5-7H2,1-4H3. The van der Waals surface area contributed by atoms with Crippen molar-refractivity contribution >= 4 is 21.9 Å².